The molecular weight excluding hydrogens is 481 g/mol. The third kappa shape index (κ3) is 9.39. The van der Waals surface area contributed by atoms with Crippen LogP contribution >= 0.6 is 0 Å². The number of nitrogens with one attached hydrogen (secondary N) is 1. The highest BCUT2D eigenvalue weighted by molar-refractivity contribution is 5.75. The number of rotatable bonds is 8. The van der Waals surface area contributed by atoms with Gasteiger partial charge in [-0.25, -0.2) is 14.4 Å². The number of ether oxygens (including phenoxy) is 1. The highest BCUT2D eigenvalue weighted by Crippen LogP contribution is 2.28. The third-order valence-electron chi connectivity index (χ3n) is 6.31. The number of methoxy groups -OCH3 is 1. The molecule has 3 aromatic rings. The number of anilines is 1. The Bertz CT molecular complexity index is 1160. The van der Waals surface area contributed by atoms with Crippen LogP contribution < -0.4 is 15.0 Å². The van der Waals surface area contributed by atoms with E-state index >= 15 is 0 Å². The molecule has 8 heteroatoms. The van der Waals surface area contributed by atoms with Gasteiger partial charge >= 0.3 is 0 Å². The fourth-order valence-electron chi connectivity index (χ4n) is 4.49. The van der Waals surface area contributed by atoms with Crippen molar-refractivity contribution in [2.24, 2.45) is 0 Å². The number of pyridine rings is 2. The van der Waals surface area contributed by atoms with Gasteiger partial charge in [0.1, 0.15) is 17.2 Å². The Hall–Kier alpha value is -3.00. The summed E-state index contributed by atoms with van der Waals surface area (Å²) in [6.07, 6.45) is 9.42. The molecular formula is C30H46FN5O2. The van der Waals surface area contributed by atoms with Crippen molar-refractivity contribution in [3.8, 4) is 5.88 Å². The Morgan fingerprint density at radius 2 is 1.71 bits per heavy atom. The van der Waals surface area contributed by atoms with Crippen molar-refractivity contribution in [3.05, 3.63) is 52.9 Å². The number of ketones is 1. The molecule has 210 valence electrons. The Morgan fingerprint density at radius 1 is 1.03 bits per heavy atom. The van der Waals surface area contributed by atoms with Crippen LogP contribution in [0.2, 0.25) is 0 Å². The maximum atomic E-state index is 13.5. The minimum absolute atomic E-state index is 0.148. The van der Waals surface area contributed by atoms with E-state index in [-0.39, 0.29) is 11.6 Å². The summed E-state index contributed by atoms with van der Waals surface area (Å²) in [6, 6.07) is 3.58. The first-order valence-corrected chi connectivity index (χ1v) is 13.9. The summed E-state index contributed by atoms with van der Waals surface area (Å²) in [5, 5.41) is 3.39. The van der Waals surface area contributed by atoms with Crippen LogP contribution in [0.5, 0.6) is 5.88 Å². The summed E-state index contributed by atoms with van der Waals surface area (Å²) in [5.41, 5.74) is 6.14. The SMILES string of the molecule is CCCC(C)=O.CCCc1c(N2CCNCC2)cc(OC)nc1C.CCCc1cn2cc(C)nc2cc1F. The predicted octanol–water partition coefficient (Wildman–Crippen LogP) is 5.87. The van der Waals surface area contributed by atoms with Crippen LogP contribution in [0.25, 0.3) is 5.65 Å². The first-order chi connectivity index (χ1) is 18.2. The van der Waals surface area contributed by atoms with E-state index in [0.29, 0.717) is 5.65 Å². The molecule has 0 amide bonds. The number of carbonyl (C=O) groups is 1. The van der Waals surface area contributed by atoms with E-state index in [9.17, 15) is 9.18 Å². The summed E-state index contributed by atoms with van der Waals surface area (Å²) >= 11 is 0. The summed E-state index contributed by atoms with van der Waals surface area (Å²) in [7, 11) is 1.68. The quantitative estimate of drug-likeness (QED) is 0.395. The number of piperazine rings is 1. The van der Waals surface area contributed by atoms with Gasteiger partial charge in [-0.1, -0.05) is 33.6 Å². The number of hydrogen-bond donors (Lipinski definition) is 1. The van der Waals surface area contributed by atoms with E-state index in [1.54, 1.807) is 14.0 Å². The Kier molecular flexibility index (Phi) is 13.2. The van der Waals surface area contributed by atoms with E-state index < -0.39 is 0 Å². The average molecular weight is 528 g/mol. The molecule has 1 saturated heterocycles. The van der Waals surface area contributed by atoms with Crippen molar-refractivity contribution in [3.63, 3.8) is 0 Å². The van der Waals surface area contributed by atoms with Gasteiger partial charge in [0.15, 0.2) is 0 Å². The minimum atomic E-state index is -0.148. The zero-order valence-corrected chi connectivity index (χ0v) is 24.4. The van der Waals surface area contributed by atoms with Gasteiger partial charge in [0.2, 0.25) is 5.88 Å². The van der Waals surface area contributed by atoms with Gasteiger partial charge < -0.3 is 24.1 Å². The lowest BCUT2D eigenvalue weighted by Gasteiger charge is -2.31. The van der Waals surface area contributed by atoms with Crippen LogP contribution in [-0.2, 0) is 17.6 Å². The number of halogens is 1. The second-order valence-electron chi connectivity index (χ2n) is 9.73. The van der Waals surface area contributed by atoms with Gasteiger partial charge in [-0.15, -0.1) is 0 Å². The third-order valence-corrected chi connectivity index (χ3v) is 6.31. The second-order valence-corrected chi connectivity index (χ2v) is 9.73. The summed E-state index contributed by atoms with van der Waals surface area (Å²) < 4.78 is 20.6. The highest BCUT2D eigenvalue weighted by Gasteiger charge is 2.17. The number of aryl methyl sites for hydroxylation is 3. The number of imidazole rings is 1. The summed E-state index contributed by atoms with van der Waals surface area (Å²) in [4.78, 5) is 21.2. The van der Waals surface area contributed by atoms with E-state index in [2.05, 4.69) is 40.1 Å². The smallest absolute Gasteiger partial charge is 0.215 e. The molecule has 0 radical (unpaired) electrons. The molecule has 0 aliphatic carbocycles. The molecule has 0 saturated carbocycles. The molecule has 4 heterocycles. The van der Waals surface area contributed by atoms with Gasteiger partial charge in [0, 0.05) is 74.1 Å². The predicted molar refractivity (Wildman–Crippen MR) is 154 cm³/mol. The number of carbonyl (C=O) groups excluding carboxylic acids is 1. The Morgan fingerprint density at radius 3 is 2.26 bits per heavy atom. The molecule has 0 bridgehead atoms. The molecule has 0 spiro atoms. The van der Waals surface area contributed by atoms with E-state index in [4.69, 9.17) is 4.74 Å². The number of Topliss-reactive ketones (excluding diaryl/α,β-unsaturated/α-hetero) is 1. The van der Waals surface area contributed by atoms with Crippen LogP contribution in [-0.4, -0.2) is 53.4 Å². The van der Waals surface area contributed by atoms with E-state index in [0.717, 1.165) is 87.5 Å². The maximum Gasteiger partial charge on any atom is 0.215 e. The summed E-state index contributed by atoms with van der Waals surface area (Å²) in [6.45, 7) is 16.1. The highest BCUT2D eigenvalue weighted by atomic mass is 19.1. The lowest BCUT2D eigenvalue weighted by Crippen LogP contribution is -2.44. The zero-order valence-electron chi connectivity index (χ0n) is 24.4. The lowest BCUT2D eigenvalue weighted by atomic mass is 10.1. The van der Waals surface area contributed by atoms with Crippen LogP contribution in [0.1, 0.15) is 75.9 Å². The van der Waals surface area contributed by atoms with Crippen LogP contribution in [0.15, 0.2) is 24.5 Å². The number of nitrogens with zero attached hydrogens (tertiary/aromatic N) is 4. The van der Waals surface area contributed by atoms with Crippen molar-refractivity contribution in [2.75, 3.05) is 38.2 Å². The van der Waals surface area contributed by atoms with Gasteiger partial charge in [-0.3, -0.25) is 0 Å². The van der Waals surface area contributed by atoms with Crippen molar-refractivity contribution in [2.45, 2.75) is 80.1 Å². The Balaban J connectivity index is 0.000000225. The van der Waals surface area contributed by atoms with Crippen LogP contribution in [0.4, 0.5) is 10.1 Å². The van der Waals surface area contributed by atoms with Gasteiger partial charge in [-0.05, 0) is 45.6 Å². The largest absolute Gasteiger partial charge is 0.481 e. The Labute approximate surface area is 227 Å². The second kappa shape index (κ2) is 16.1. The standard InChI is InChI=1S/C14H23N3O.C11H13FN2.C5H10O/c1-4-5-12-11(2)16-14(18-3)10-13(12)17-8-6-15-7-9-17;1-3-4-9-7-14-6-8(2)13-11(14)5-10(9)12;1-3-4-5(2)6/h10,15H,4-9H2,1-3H3;5-7H,3-4H2,1-2H3;3-4H2,1-2H3. The topological polar surface area (TPSA) is 71.8 Å². The van der Waals surface area contributed by atoms with Gasteiger partial charge in [0.25, 0.3) is 0 Å². The number of aromatic nitrogens is 3. The van der Waals surface area contributed by atoms with Gasteiger partial charge in [-0.2, -0.15) is 0 Å². The molecule has 1 aliphatic heterocycles. The lowest BCUT2D eigenvalue weighted by molar-refractivity contribution is -0.117. The monoisotopic (exact) mass is 527 g/mol. The van der Waals surface area contributed by atoms with E-state index in [1.807, 2.05) is 37.6 Å². The first kappa shape index (κ1) is 31.2. The molecule has 1 N–H and O–H groups in total. The zero-order chi connectivity index (χ0) is 28.1. The molecule has 3 aromatic heterocycles. The molecule has 4 rings (SSSR count). The molecule has 7 nitrogen and oxygen atoms in total. The van der Waals surface area contributed by atoms with Crippen molar-refractivity contribution in [1.29, 1.82) is 0 Å². The molecule has 0 unspecified atom stereocenters. The van der Waals surface area contributed by atoms with E-state index in [1.165, 1.54) is 17.3 Å². The molecule has 1 aliphatic rings. The average Bonchev–Trinajstić information content (AvgIpc) is 3.25. The van der Waals surface area contributed by atoms with Crippen molar-refractivity contribution in [1.82, 2.24) is 19.7 Å². The molecule has 1 fully saturated rings. The van der Waals surface area contributed by atoms with Crippen LogP contribution in [0, 0.1) is 19.7 Å². The maximum absolute atomic E-state index is 13.5. The number of hydrogen-bond acceptors (Lipinski definition) is 6. The van der Waals surface area contributed by atoms with Gasteiger partial charge in [0.05, 0.1) is 12.8 Å². The molecule has 0 aromatic carbocycles. The first-order valence-electron chi connectivity index (χ1n) is 13.9. The number of fused-ring (bicyclic) bond motifs is 1. The fourth-order valence-corrected chi connectivity index (χ4v) is 4.49. The van der Waals surface area contributed by atoms with Crippen LogP contribution in [0.3, 0.4) is 0 Å². The molecule has 0 atom stereocenters. The minimum Gasteiger partial charge on any atom is -0.481 e. The summed E-state index contributed by atoms with van der Waals surface area (Å²) in [5.74, 6) is 0.864. The normalized spacial score (nSPS) is 12.9. The van der Waals surface area contributed by atoms with Crippen molar-refractivity contribution < 1.29 is 13.9 Å². The fraction of sp³-hybridized carbons (Fsp3) is 0.567. The molecule has 38 heavy (non-hydrogen) atoms. The van der Waals surface area contributed by atoms with Crippen molar-refractivity contribution >= 4 is 17.1 Å².